The first-order valence-electron chi connectivity index (χ1n) is 9.07. The molecule has 0 aromatic heterocycles. The lowest BCUT2D eigenvalue weighted by Crippen LogP contribution is -2.55. The maximum absolute atomic E-state index is 3.54. The van der Waals surface area contributed by atoms with Gasteiger partial charge in [0.15, 0.2) is 0 Å². The number of hydrogen-bond acceptors (Lipinski definition) is 3. The summed E-state index contributed by atoms with van der Waals surface area (Å²) in [5, 5.41) is 3.54. The summed E-state index contributed by atoms with van der Waals surface area (Å²) in [6, 6.07) is 1.80. The number of rotatable bonds is 5. The molecule has 3 fully saturated rings. The van der Waals surface area contributed by atoms with Crippen molar-refractivity contribution in [2.45, 2.75) is 64.0 Å². The summed E-state index contributed by atoms with van der Waals surface area (Å²) in [7, 11) is 0. The van der Waals surface area contributed by atoms with E-state index in [1.54, 1.807) is 0 Å². The average molecular weight is 279 g/mol. The van der Waals surface area contributed by atoms with Gasteiger partial charge in [-0.05, 0) is 83.7 Å². The number of hydrogen-bond donors (Lipinski definition) is 1. The Morgan fingerprint density at radius 3 is 2.20 bits per heavy atom. The van der Waals surface area contributed by atoms with E-state index in [0.29, 0.717) is 0 Å². The summed E-state index contributed by atoms with van der Waals surface area (Å²) in [5.74, 6) is 0.932. The van der Waals surface area contributed by atoms with Crippen LogP contribution < -0.4 is 5.32 Å². The molecule has 2 heterocycles. The molecule has 0 bridgehead atoms. The molecule has 0 radical (unpaired) electrons. The summed E-state index contributed by atoms with van der Waals surface area (Å²) in [4.78, 5) is 5.60. The van der Waals surface area contributed by atoms with E-state index < -0.39 is 0 Å². The quantitative estimate of drug-likeness (QED) is 0.833. The summed E-state index contributed by atoms with van der Waals surface area (Å²) >= 11 is 0. The lowest BCUT2D eigenvalue weighted by Gasteiger charge is -2.48. The van der Waals surface area contributed by atoms with Crippen LogP contribution in [0.25, 0.3) is 0 Å². The van der Waals surface area contributed by atoms with Crippen LogP contribution in [0, 0.1) is 5.92 Å². The van der Waals surface area contributed by atoms with Crippen LogP contribution in [0.5, 0.6) is 0 Å². The summed E-state index contributed by atoms with van der Waals surface area (Å²) in [6.45, 7) is 10.0. The highest BCUT2D eigenvalue weighted by atomic mass is 15.2. The molecule has 0 amide bonds. The first-order chi connectivity index (χ1) is 9.88. The number of piperidine rings is 2. The fraction of sp³-hybridized carbons (Fsp3) is 1.00. The molecule has 2 saturated heterocycles. The molecule has 3 nitrogen and oxygen atoms in total. The molecule has 1 saturated carbocycles. The SMILES string of the molecule is CCNCC1CCC1N1CCC(N2CCCCC2)CC1. The maximum atomic E-state index is 3.54. The second-order valence-electron chi connectivity index (χ2n) is 7.08. The molecule has 20 heavy (non-hydrogen) atoms. The Morgan fingerprint density at radius 1 is 0.850 bits per heavy atom. The Labute approximate surface area is 125 Å². The first-order valence-corrected chi connectivity index (χ1v) is 9.07. The summed E-state index contributed by atoms with van der Waals surface area (Å²) in [6.07, 6.45) is 10.1. The van der Waals surface area contributed by atoms with Crippen LogP contribution in [0.15, 0.2) is 0 Å². The highest BCUT2D eigenvalue weighted by molar-refractivity contribution is 4.93. The Balaban J connectivity index is 1.41. The van der Waals surface area contributed by atoms with E-state index >= 15 is 0 Å². The summed E-state index contributed by atoms with van der Waals surface area (Å²) < 4.78 is 0. The summed E-state index contributed by atoms with van der Waals surface area (Å²) in [5.41, 5.74) is 0. The molecule has 3 aliphatic rings. The Hall–Kier alpha value is -0.120. The fourth-order valence-electron chi connectivity index (χ4n) is 4.47. The van der Waals surface area contributed by atoms with Crippen LogP contribution in [-0.4, -0.2) is 61.2 Å². The van der Waals surface area contributed by atoms with Gasteiger partial charge >= 0.3 is 0 Å². The van der Waals surface area contributed by atoms with Crippen LogP contribution in [0.2, 0.25) is 0 Å². The van der Waals surface area contributed by atoms with Crippen molar-refractivity contribution in [2.75, 3.05) is 39.3 Å². The molecule has 3 rings (SSSR count). The third-order valence-corrected chi connectivity index (χ3v) is 5.91. The van der Waals surface area contributed by atoms with Crippen molar-refractivity contribution in [1.82, 2.24) is 15.1 Å². The zero-order valence-electron chi connectivity index (χ0n) is 13.3. The fourth-order valence-corrected chi connectivity index (χ4v) is 4.47. The van der Waals surface area contributed by atoms with E-state index in [2.05, 4.69) is 22.0 Å². The predicted molar refractivity (Wildman–Crippen MR) is 85.1 cm³/mol. The van der Waals surface area contributed by atoms with E-state index in [0.717, 1.165) is 24.5 Å². The molecule has 2 atom stereocenters. The van der Waals surface area contributed by atoms with E-state index in [9.17, 15) is 0 Å². The van der Waals surface area contributed by atoms with Gasteiger partial charge in [0.25, 0.3) is 0 Å². The molecule has 2 aliphatic heterocycles. The largest absolute Gasteiger partial charge is 0.317 e. The van der Waals surface area contributed by atoms with Gasteiger partial charge in [0.1, 0.15) is 0 Å². The molecule has 0 aromatic rings. The van der Waals surface area contributed by atoms with Crippen molar-refractivity contribution < 1.29 is 0 Å². The Kier molecular flexibility index (Phi) is 5.36. The molecule has 1 aliphatic carbocycles. The van der Waals surface area contributed by atoms with Crippen molar-refractivity contribution in [3.8, 4) is 0 Å². The molecular formula is C17H33N3. The number of likely N-dealkylation sites (tertiary alicyclic amines) is 2. The van der Waals surface area contributed by atoms with Crippen LogP contribution in [-0.2, 0) is 0 Å². The minimum absolute atomic E-state index is 0.899. The minimum Gasteiger partial charge on any atom is -0.317 e. The standard InChI is InChI=1S/C17H33N3/c1-2-18-14-15-6-7-17(15)20-12-8-16(9-13-20)19-10-4-3-5-11-19/h15-18H,2-14H2,1H3. The van der Waals surface area contributed by atoms with Gasteiger partial charge in [-0.25, -0.2) is 0 Å². The van der Waals surface area contributed by atoms with Gasteiger partial charge in [0.05, 0.1) is 0 Å². The minimum atomic E-state index is 0.899. The second kappa shape index (κ2) is 7.24. The zero-order chi connectivity index (χ0) is 13.8. The molecule has 2 unspecified atom stereocenters. The molecule has 1 N–H and O–H groups in total. The third-order valence-electron chi connectivity index (χ3n) is 5.91. The zero-order valence-corrected chi connectivity index (χ0v) is 13.3. The van der Waals surface area contributed by atoms with E-state index in [4.69, 9.17) is 0 Å². The lowest BCUT2D eigenvalue weighted by molar-refractivity contribution is 0.0165. The molecular weight excluding hydrogens is 246 g/mol. The van der Waals surface area contributed by atoms with Crippen LogP contribution >= 0.6 is 0 Å². The van der Waals surface area contributed by atoms with Gasteiger partial charge in [-0.15, -0.1) is 0 Å². The topological polar surface area (TPSA) is 18.5 Å². The number of nitrogens with one attached hydrogen (secondary N) is 1. The van der Waals surface area contributed by atoms with Gasteiger partial charge in [-0.1, -0.05) is 13.3 Å². The Morgan fingerprint density at radius 2 is 1.60 bits per heavy atom. The monoisotopic (exact) mass is 279 g/mol. The van der Waals surface area contributed by atoms with Gasteiger partial charge in [-0.2, -0.15) is 0 Å². The highest BCUT2D eigenvalue weighted by Gasteiger charge is 2.37. The second-order valence-corrected chi connectivity index (χ2v) is 7.08. The molecule has 116 valence electrons. The first kappa shape index (κ1) is 14.8. The van der Waals surface area contributed by atoms with E-state index in [-0.39, 0.29) is 0 Å². The normalized spacial score (nSPS) is 34.0. The van der Waals surface area contributed by atoms with Gasteiger partial charge < -0.3 is 10.2 Å². The van der Waals surface area contributed by atoms with E-state index in [1.165, 1.54) is 77.7 Å². The van der Waals surface area contributed by atoms with Crippen molar-refractivity contribution in [1.29, 1.82) is 0 Å². The van der Waals surface area contributed by atoms with E-state index in [1.807, 2.05) is 0 Å². The van der Waals surface area contributed by atoms with Gasteiger partial charge in [0.2, 0.25) is 0 Å². The number of nitrogens with zero attached hydrogens (tertiary/aromatic N) is 2. The van der Waals surface area contributed by atoms with Crippen LogP contribution in [0.4, 0.5) is 0 Å². The maximum Gasteiger partial charge on any atom is 0.0136 e. The highest BCUT2D eigenvalue weighted by Crippen LogP contribution is 2.34. The van der Waals surface area contributed by atoms with Crippen molar-refractivity contribution >= 4 is 0 Å². The smallest absolute Gasteiger partial charge is 0.0136 e. The lowest BCUT2D eigenvalue weighted by atomic mass is 9.77. The van der Waals surface area contributed by atoms with Crippen molar-refractivity contribution in [2.24, 2.45) is 5.92 Å². The van der Waals surface area contributed by atoms with Crippen LogP contribution in [0.1, 0.15) is 51.9 Å². The third kappa shape index (κ3) is 3.37. The molecule has 0 spiro atoms. The molecule has 0 aromatic carbocycles. The van der Waals surface area contributed by atoms with Crippen LogP contribution in [0.3, 0.4) is 0 Å². The van der Waals surface area contributed by atoms with Crippen molar-refractivity contribution in [3.05, 3.63) is 0 Å². The Bertz CT molecular complexity index is 280. The van der Waals surface area contributed by atoms with Crippen molar-refractivity contribution in [3.63, 3.8) is 0 Å². The van der Waals surface area contributed by atoms with Gasteiger partial charge in [-0.3, -0.25) is 4.90 Å². The average Bonchev–Trinajstić information content (AvgIpc) is 2.48. The predicted octanol–water partition coefficient (Wildman–Crippen LogP) is 2.32. The molecule has 3 heteroatoms. The van der Waals surface area contributed by atoms with Gasteiger partial charge in [0, 0.05) is 12.1 Å².